The molecule has 162 valence electrons. The molecule has 7 nitrogen and oxygen atoms in total. The summed E-state index contributed by atoms with van der Waals surface area (Å²) in [7, 11) is -1.38. The minimum Gasteiger partial charge on any atom is -0.357 e. The van der Waals surface area contributed by atoms with Crippen LogP contribution in [0.1, 0.15) is 30.8 Å². The molecule has 0 saturated heterocycles. The molecule has 0 aliphatic rings. The van der Waals surface area contributed by atoms with E-state index < -0.39 is 9.84 Å². The molecule has 2 N–H and O–H groups in total. The van der Waals surface area contributed by atoms with E-state index in [1.807, 2.05) is 25.6 Å². The zero-order valence-electron chi connectivity index (χ0n) is 17.8. The number of hydrogen-bond acceptors (Lipinski definition) is 4. The zero-order chi connectivity index (χ0) is 20.7. The number of nitrogens with zero attached hydrogens (tertiary/aromatic N) is 3. The van der Waals surface area contributed by atoms with Crippen molar-refractivity contribution in [1.29, 1.82) is 0 Å². The lowest BCUT2D eigenvalue weighted by molar-refractivity contribution is 0.595. The molecule has 1 aromatic heterocycles. The fourth-order valence-corrected chi connectivity index (χ4v) is 4.19. The van der Waals surface area contributed by atoms with Crippen molar-refractivity contribution in [3.8, 4) is 0 Å². The van der Waals surface area contributed by atoms with Gasteiger partial charge in [0.05, 0.1) is 22.9 Å². The van der Waals surface area contributed by atoms with Gasteiger partial charge in [0, 0.05) is 25.3 Å². The first kappa shape index (κ1) is 25.4. The lowest BCUT2D eigenvalue weighted by Gasteiger charge is -2.18. The van der Waals surface area contributed by atoms with Crippen LogP contribution in [0.25, 0.3) is 0 Å². The van der Waals surface area contributed by atoms with Crippen molar-refractivity contribution >= 4 is 39.8 Å². The van der Waals surface area contributed by atoms with Gasteiger partial charge in [0.25, 0.3) is 0 Å². The van der Waals surface area contributed by atoms with Crippen LogP contribution in [0, 0.1) is 13.8 Å². The Kier molecular flexibility index (Phi) is 10.1. The first-order chi connectivity index (χ1) is 13.2. The Balaban J connectivity index is 0.00000420. The zero-order valence-corrected chi connectivity index (χ0v) is 20.9. The maximum absolute atomic E-state index is 12.4. The Morgan fingerprint density at radius 2 is 1.90 bits per heavy atom. The largest absolute Gasteiger partial charge is 0.357 e. The van der Waals surface area contributed by atoms with Crippen molar-refractivity contribution < 1.29 is 8.42 Å². The smallest absolute Gasteiger partial charge is 0.191 e. The van der Waals surface area contributed by atoms with E-state index in [1.165, 1.54) is 5.56 Å². The summed E-state index contributed by atoms with van der Waals surface area (Å²) in [5, 5.41) is 11.0. The predicted molar refractivity (Wildman–Crippen MR) is 129 cm³/mol. The van der Waals surface area contributed by atoms with Crippen LogP contribution in [0.15, 0.2) is 40.2 Å². The van der Waals surface area contributed by atoms with Gasteiger partial charge in [0.2, 0.25) is 0 Å². The molecule has 1 unspecified atom stereocenters. The molecule has 0 radical (unpaired) electrons. The Bertz CT molecular complexity index is 910. The summed E-state index contributed by atoms with van der Waals surface area (Å²) < 4.78 is 26.7. The second kappa shape index (κ2) is 11.5. The van der Waals surface area contributed by atoms with Gasteiger partial charge >= 0.3 is 0 Å². The number of nitrogens with one attached hydrogen (secondary N) is 2. The van der Waals surface area contributed by atoms with Gasteiger partial charge in [-0.3, -0.25) is 9.67 Å². The lowest BCUT2D eigenvalue weighted by Crippen LogP contribution is -2.43. The van der Waals surface area contributed by atoms with Gasteiger partial charge in [0.1, 0.15) is 0 Å². The topological polar surface area (TPSA) is 88.4 Å². The number of halogens is 1. The van der Waals surface area contributed by atoms with Crippen molar-refractivity contribution in [2.75, 3.05) is 18.8 Å². The summed E-state index contributed by atoms with van der Waals surface area (Å²) in [5.74, 6) is 0.598. The van der Waals surface area contributed by atoms with Gasteiger partial charge < -0.3 is 10.6 Å². The predicted octanol–water partition coefficient (Wildman–Crippen LogP) is 2.61. The monoisotopic (exact) mass is 533 g/mol. The third-order valence-corrected chi connectivity index (χ3v) is 6.34. The Hall–Kier alpha value is -1.62. The average Bonchev–Trinajstić information content (AvgIpc) is 2.88. The number of aromatic nitrogens is 2. The number of benzene rings is 1. The molecule has 0 amide bonds. The summed E-state index contributed by atoms with van der Waals surface area (Å²) in [6.45, 7) is 9.05. The van der Waals surface area contributed by atoms with Crippen LogP contribution in [0.5, 0.6) is 0 Å². The van der Waals surface area contributed by atoms with E-state index in [0.29, 0.717) is 17.4 Å². The fourth-order valence-electron chi connectivity index (χ4n) is 3.05. The molecule has 1 atom stereocenters. The summed E-state index contributed by atoms with van der Waals surface area (Å²) in [5.41, 5.74) is 3.41. The number of aliphatic imine (C=N–C) groups is 1. The van der Waals surface area contributed by atoms with Gasteiger partial charge in [0.15, 0.2) is 15.8 Å². The van der Waals surface area contributed by atoms with Crippen LogP contribution in [-0.4, -0.2) is 49.0 Å². The van der Waals surface area contributed by atoms with Crippen molar-refractivity contribution in [3.63, 3.8) is 0 Å². The van der Waals surface area contributed by atoms with Crippen molar-refractivity contribution in [3.05, 3.63) is 47.3 Å². The third kappa shape index (κ3) is 7.29. The molecule has 0 spiro atoms. The second-order valence-electron chi connectivity index (χ2n) is 6.92. The molecule has 9 heteroatoms. The van der Waals surface area contributed by atoms with Crippen molar-refractivity contribution in [2.45, 2.75) is 45.1 Å². The number of hydrogen-bond donors (Lipinski definition) is 2. The first-order valence-corrected chi connectivity index (χ1v) is 11.2. The van der Waals surface area contributed by atoms with Gasteiger partial charge in [-0.15, -0.1) is 24.0 Å². The molecule has 0 aliphatic heterocycles. The number of guanidine groups is 1. The molecular weight excluding hydrogens is 501 g/mol. The van der Waals surface area contributed by atoms with Crippen LogP contribution < -0.4 is 10.6 Å². The average molecular weight is 533 g/mol. The summed E-state index contributed by atoms with van der Waals surface area (Å²) in [6.07, 6.45) is 0.818. The van der Waals surface area contributed by atoms with E-state index in [9.17, 15) is 8.42 Å². The van der Waals surface area contributed by atoms with E-state index in [1.54, 1.807) is 30.3 Å². The fraction of sp³-hybridized carbons (Fsp3) is 0.500. The highest BCUT2D eigenvalue weighted by Gasteiger charge is 2.15. The van der Waals surface area contributed by atoms with E-state index in [2.05, 4.69) is 34.6 Å². The van der Waals surface area contributed by atoms with Crippen LogP contribution >= 0.6 is 24.0 Å². The SMILES string of the molecule is CCNC(=NCCS(=O)(=O)c1ccccc1)NC(C)Cc1c(C)nn(C)c1C.I. The summed E-state index contributed by atoms with van der Waals surface area (Å²) in [6, 6.07) is 8.62. The van der Waals surface area contributed by atoms with Crippen LogP contribution in [0.2, 0.25) is 0 Å². The second-order valence-corrected chi connectivity index (χ2v) is 9.02. The highest BCUT2D eigenvalue weighted by molar-refractivity contribution is 14.0. The lowest BCUT2D eigenvalue weighted by atomic mass is 10.1. The maximum atomic E-state index is 12.4. The molecule has 2 rings (SSSR count). The first-order valence-electron chi connectivity index (χ1n) is 9.56. The van der Waals surface area contributed by atoms with Crippen LogP contribution in [0.3, 0.4) is 0 Å². The molecule has 0 fully saturated rings. The van der Waals surface area contributed by atoms with Crippen molar-refractivity contribution in [2.24, 2.45) is 12.0 Å². The highest BCUT2D eigenvalue weighted by Crippen LogP contribution is 2.14. The van der Waals surface area contributed by atoms with E-state index >= 15 is 0 Å². The molecular formula is C20H32IN5O2S. The van der Waals surface area contributed by atoms with E-state index in [0.717, 1.165) is 17.8 Å². The van der Waals surface area contributed by atoms with Gasteiger partial charge in [-0.05, 0) is 51.8 Å². The minimum atomic E-state index is -3.33. The minimum absolute atomic E-state index is 0. The summed E-state index contributed by atoms with van der Waals surface area (Å²) >= 11 is 0. The maximum Gasteiger partial charge on any atom is 0.191 e. The molecule has 0 bridgehead atoms. The molecule has 29 heavy (non-hydrogen) atoms. The summed E-state index contributed by atoms with van der Waals surface area (Å²) in [4.78, 5) is 4.78. The van der Waals surface area contributed by atoms with Crippen LogP contribution in [0.4, 0.5) is 0 Å². The number of rotatable bonds is 8. The van der Waals surface area contributed by atoms with Gasteiger partial charge in [-0.1, -0.05) is 18.2 Å². The number of aryl methyl sites for hydroxylation is 2. The molecule has 0 saturated carbocycles. The molecule has 1 heterocycles. The Labute approximate surface area is 191 Å². The van der Waals surface area contributed by atoms with E-state index in [4.69, 9.17) is 0 Å². The Morgan fingerprint density at radius 1 is 1.24 bits per heavy atom. The Morgan fingerprint density at radius 3 is 2.45 bits per heavy atom. The van der Waals surface area contributed by atoms with Crippen LogP contribution in [-0.2, 0) is 23.3 Å². The standard InChI is InChI=1S/C20H31N5O2S.HI/c1-6-21-20(22-12-13-28(26,27)18-10-8-7-9-11-18)23-15(2)14-19-16(3)24-25(5)17(19)4;/h7-11,15H,6,12-14H2,1-5H3,(H2,21,22,23);1H. The van der Waals surface area contributed by atoms with Gasteiger partial charge in [-0.2, -0.15) is 5.10 Å². The quantitative estimate of drug-likeness (QED) is 0.310. The number of sulfone groups is 1. The van der Waals surface area contributed by atoms with Gasteiger partial charge in [-0.25, -0.2) is 8.42 Å². The van der Waals surface area contributed by atoms with E-state index in [-0.39, 0.29) is 42.3 Å². The molecule has 1 aromatic carbocycles. The molecule has 0 aliphatic carbocycles. The molecule has 2 aromatic rings. The third-order valence-electron chi connectivity index (χ3n) is 4.63. The van der Waals surface area contributed by atoms with Crippen molar-refractivity contribution in [1.82, 2.24) is 20.4 Å². The highest BCUT2D eigenvalue weighted by atomic mass is 127. The normalized spacial score (nSPS) is 12.9.